The van der Waals surface area contributed by atoms with E-state index in [1.165, 1.54) is 0 Å². The smallest absolute Gasteiger partial charge is 0.235 e. The zero-order valence-corrected chi connectivity index (χ0v) is 7.37. The molecule has 1 saturated heterocycles. The topological polar surface area (TPSA) is 46.3 Å². The van der Waals surface area contributed by atoms with E-state index in [-0.39, 0.29) is 11.9 Å². The number of nitrogens with zero attached hydrogens (tertiary/aromatic N) is 1. The van der Waals surface area contributed by atoms with Crippen molar-refractivity contribution in [2.24, 2.45) is 11.7 Å². The number of rotatable bonds is 2. The van der Waals surface area contributed by atoms with Crippen molar-refractivity contribution >= 4 is 5.91 Å². The molecule has 0 bridgehead atoms. The highest BCUT2D eigenvalue weighted by Crippen LogP contribution is 2.32. The fourth-order valence-corrected chi connectivity index (χ4v) is 2.00. The summed E-state index contributed by atoms with van der Waals surface area (Å²) in [4.78, 5) is 12.9. The second-order valence-electron chi connectivity index (χ2n) is 3.33. The zero-order chi connectivity index (χ0) is 8.59. The van der Waals surface area contributed by atoms with Crippen LogP contribution in [0.3, 0.4) is 0 Å². The number of primary amides is 1. The molecule has 0 saturated carbocycles. The Kier molecular flexibility index (Phi) is 2.18. The molecule has 1 fully saturated rings. The molecule has 0 spiro atoms. The lowest BCUT2D eigenvalue weighted by Crippen LogP contribution is -2.65. The van der Waals surface area contributed by atoms with Crippen molar-refractivity contribution in [3.63, 3.8) is 0 Å². The van der Waals surface area contributed by atoms with E-state index in [0.29, 0.717) is 12.0 Å². The summed E-state index contributed by atoms with van der Waals surface area (Å²) in [7, 11) is 1.95. The van der Waals surface area contributed by atoms with Crippen LogP contribution in [0.5, 0.6) is 0 Å². The Hall–Kier alpha value is -0.570. The van der Waals surface area contributed by atoms with Gasteiger partial charge in [0.2, 0.25) is 5.91 Å². The molecule has 3 unspecified atom stereocenters. The summed E-state index contributed by atoms with van der Waals surface area (Å²) in [6.45, 7) is 4.23. The van der Waals surface area contributed by atoms with Gasteiger partial charge in [0.25, 0.3) is 0 Å². The summed E-state index contributed by atoms with van der Waals surface area (Å²) in [6.07, 6.45) is 1.04. The van der Waals surface area contributed by atoms with Gasteiger partial charge in [-0.05, 0) is 26.3 Å². The van der Waals surface area contributed by atoms with Gasteiger partial charge in [0.05, 0.1) is 6.04 Å². The first-order valence-corrected chi connectivity index (χ1v) is 4.10. The van der Waals surface area contributed by atoms with Gasteiger partial charge in [-0.25, -0.2) is 0 Å². The Balaban J connectivity index is 2.60. The predicted octanol–water partition coefficient (Wildman–Crippen LogP) is 0.200. The molecule has 3 atom stereocenters. The molecular weight excluding hydrogens is 140 g/mol. The van der Waals surface area contributed by atoms with E-state index >= 15 is 0 Å². The van der Waals surface area contributed by atoms with Crippen LogP contribution in [0, 0.1) is 5.92 Å². The van der Waals surface area contributed by atoms with Crippen LogP contribution in [0.1, 0.15) is 20.3 Å². The number of carbonyl (C=O) groups is 1. The summed E-state index contributed by atoms with van der Waals surface area (Å²) in [5.74, 6) is 0.287. The molecule has 11 heavy (non-hydrogen) atoms. The molecule has 0 aliphatic carbocycles. The van der Waals surface area contributed by atoms with Crippen molar-refractivity contribution in [1.82, 2.24) is 4.90 Å². The van der Waals surface area contributed by atoms with E-state index in [4.69, 9.17) is 5.73 Å². The van der Waals surface area contributed by atoms with Crippen molar-refractivity contribution in [2.45, 2.75) is 32.4 Å². The fourth-order valence-electron chi connectivity index (χ4n) is 2.00. The Morgan fingerprint density at radius 1 is 1.64 bits per heavy atom. The number of likely N-dealkylation sites (N-methyl/N-ethyl adjacent to an activating group) is 1. The van der Waals surface area contributed by atoms with Crippen molar-refractivity contribution < 1.29 is 4.79 Å². The average Bonchev–Trinajstić information content (AvgIpc) is 1.96. The van der Waals surface area contributed by atoms with Crippen LogP contribution in [0.25, 0.3) is 0 Å². The quantitative estimate of drug-likeness (QED) is 0.621. The third-order valence-electron chi connectivity index (χ3n) is 2.87. The first-order chi connectivity index (χ1) is 5.09. The van der Waals surface area contributed by atoms with Crippen molar-refractivity contribution in [3.05, 3.63) is 0 Å². The minimum Gasteiger partial charge on any atom is -0.368 e. The lowest BCUT2D eigenvalue weighted by atomic mass is 9.79. The molecule has 64 valence electrons. The second kappa shape index (κ2) is 2.81. The molecule has 1 rings (SSSR count). The van der Waals surface area contributed by atoms with Crippen LogP contribution in [0.15, 0.2) is 0 Å². The number of hydrogen-bond donors (Lipinski definition) is 1. The molecule has 1 amide bonds. The first kappa shape index (κ1) is 8.53. The molecule has 0 aromatic heterocycles. The summed E-state index contributed by atoms with van der Waals surface area (Å²) in [5.41, 5.74) is 5.24. The predicted molar refractivity (Wildman–Crippen MR) is 44.0 cm³/mol. The number of nitrogens with two attached hydrogens (primary N) is 1. The van der Waals surface area contributed by atoms with E-state index in [2.05, 4.69) is 13.8 Å². The SMILES string of the molecule is CCC1C(C)N(C)C1C(N)=O. The summed E-state index contributed by atoms with van der Waals surface area (Å²) >= 11 is 0. The van der Waals surface area contributed by atoms with Crippen LogP contribution in [-0.2, 0) is 4.79 Å². The normalized spacial score (nSPS) is 38.3. The van der Waals surface area contributed by atoms with Gasteiger partial charge in [-0.1, -0.05) is 6.92 Å². The molecule has 2 N–H and O–H groups in total. The fraction of sp³-hybridized carbons (Fsp3) is 0.875. The third kappa shape index (κ3) is 1.13. The summed E-state index contributed by atoms with van der Waals surface area (Å²) in [6, 6.07) is 0.493. The van der Waals surface area contributed by atoms with Gasteiger partial charge < -0.3 is 5.73 Å². The molecule has 0 radical (unpaired) electrons. The third-order valence-corrected chi connectivity index (χ3v) is 2.87. The van der Waals surface area contributed by atoms with E-state index < -0.39 is 0 Å². The number of carbonyl (C=O) groups excluding carboxylic acids is 1. The van der Waals surface area contributed by atoms with Gasteiger partial charge >= 0.3 is 0 Å². The average molecular weight is 156 g/mol. The van der Waals surface area contributed by atoms with Gasteiger partial charge in [-0.2, -0.15) is 0 Å². The molecule has 3 nitrogen and oxygen atoms in total. The van der Waals surface area contributed by atoms with Crippen LogP contribution < -0.4 is 5.73 Å². The Morgan fingerprint density at radius 3 is 2.45 bits per heavy atom. The number of hydrogen-bond acceptors (Lipinski definition) is 2. The molecule has 0 aromatic carbocycles. The largest absolute Gasteiger partial charge is 0.368 e. The molecule has 1 heterocycles. The van der Waals surface area contributed by atoms with Gasteiger partial charge in [0.1, 0.15) is 0 Å². The van der Waals surface area contributed by atoms with Gasteiger partial charge in [-0.15, -0.1) is 0 Å². The first-order valence-electron chi connectivity index (χ1n) is 4.10. The maximum atomic E-state index is 10.9. The summed E-state index contributed by atoms with van der Waals surface area (Å²) < 4.78 is 0. The van der Waals surface area contributed by atoms with E-state index in [0.717, 1.165) is 6.42 Å². The highest BCUT2D eigenvalue weighted by molar-refractivity contribution is 5.81. The van der Waals surface area contributed by atoms with Crippen molar-refractivity contribution in [3.8, 4) is 0 Å². The lowest BCUT2D eigenvalue weighted by molar-refractivity contribution is -0.136. The highest BCUT2D eigenvalue weighted by Gasteiger charge is 2.45. The van der Waals surface area contributed by atoms with Gasteiger partial charge in [0, 0.05) is 6.04 Å². The summed E-state index contributed by atoms with van der Waals surface area (Å²) in [5, 5.41) is 0. The van der Waals surface area contributed by atoms with E-state index in [1.54, 1.807) is 0 Å². The maximum absolute atomic E-state index is 10.9. The second-order valence-corrected chi connectivity index (χ2v) is 3.33. The van der Waals surface area contributed by atoms with E-state index in [9.17, 15) is 4.79 Å². The minimum atomic E-state index is -0.183. The molecule has 0 aromatic rings. The molecule has 3 heteroatoms. The Labute approximate surface area is 67.5 Å². The molecule has 1 aliphatic rings. The van der Waals surface area contributed by atoms with Gasteiger partial charge in [-0.3, -0.25) is 9.69 Å². The molecular formula is C8H16N2O. The Bertz CT molecular complexity index is 169. The van der Waals surface area contributed by atoms with Gasteiger partial charge in [0.15, 0.2) is 0 Å². The van der Waals surface area contributed by atoms with Crippen LogP contribution in [0.2, 0.25) is 0 Å². The van der Waals surface area contributed by atoms with Crippen molar-refractivity contribution in [1.29, 1.82) is 0 Å². The van der Waals surface area contributed by atoms with E-state index in [1.807, 2.05) is 11.9 Å². The standard InChI is InChI=1S/C8H16N2O/c1-4-6-5(2)10(3)7(6)8(9)11/h5-7H,4H2,1-3H3,(H2,9,11). The highest BCUT2D eigenvalue weighted by atomic mass is 16.1. The monoisotopic (exact) mass is 156 g/mol. The minimum absolute atomic E-state index is 0.0185. The molecule has 1 aliphatic heterocycles. The van der Waals surface area contributed by atoms with Crippen molar-refractivity contribution in [2.75, 3.05) is 7.05 Å². The van der Waals surface area contributed by atoms with Crippen LogP contribution in [-0.4, -0.2) is 29.9 Å². The number of likely N-dealkylation sites (tertiary alicyclic amines) is 1. The van der Waals surface area contributed by atoms with Crippen LogP contribution >= 0.6 is 0 Å². The van der Waals surface area contributed by atoms with Crippen LogP contribution in [0.4, 0.5) is 0 Å². The zero-order valence-electron chi connectivity index (χ0n) is 7.37. The number of amides is 1. The Morgan fingerprint density at radius 2 is 2.18 bits per heavy atom. The maximum Gasteiger partial charge on any atom is 0.235 e. The lowest BCUT2D eigenvalue weighted by Gasteiger charge is -2.50.